The fourth-order valence-electron chi connectivity index (χ4n) is 2.04. The smallest absolute Gasteiger partial charge is 0.262 e. The molecule has 1 aliphatic rings. The molecule has 100 valence electrons. The van der Waals surface area contributed by atoms with Crippen LogP contribution in [0.25, 0.3) is 0 Å². The molecular weight excluding hydrogens is 242 g/mol. The van der Waals surface area contributed by atoms with Crippen LogP contribution in [0.1, 0.15) is 17.9 Å². The van der Waals surface area contributed by atoms with Crippen LogP contribution in [0, 0.1) is 6.92 Å². The van der Waals surface area contributed by atoms with E-state index in [0.29, 0.717) is 5.76 Å². The van der Waals surface area contributed by atoms with Crippen molar-refractivity contribution in [3.63, 3.8) is 0 Å². The van der Waals surface area contributed by atoms with Gasteiger partial charge in [-0.25, -0.2) is 8.78 Å². The van der Waals surface area contributed by atoms with Crippen molar-refractivity contribution >= 4 is 5.91 Å². The van der Waals surface area contributed by atoms with E-state index >= 15 is 0 Å². The van der Waals surface area contributed by atoms with Gasteiger partial charge in [-0.2, -0.15) is 0 Å². The van der Waals surface area contributed by atoms with Crippen molar-refractivity contribution < 1.29 is 18.0 Å². The van der Waals surface area contributed by atoms with Crippen LogP contribution in [0.5, 0.6) is 0 Å². The second-order valence-corrected chi connectivity index (χ2v) is 4.70. The van der Waals surface area contributed by atoms with Crippen LogP contribution in [-0.4, -0.2) is 36.4 Å². The standard InChI is InChI=1S/C12H16F2N2O2/c1-8-3-4-9(18-8)6-16(2)11(17)10-5-12(13,14)7-15-10/h3-4,10,15H,5-7H2,1-2H3. The van der Waals surface area contributed by atoms with Crippen molar-refractivity contribution in [1.29, 1.82) is 0 Å². The molecule has 1 amide bonds. The second kappa shape index (κ2) is 4.68. The predicted octanol–water partition coefficient (Wildman–Crippen LogP) is 1.54. The van der Waals surface area contributed by atoms with Gasteiger partial charge in [0.25, 0.3) is 5.92 Å². The molecule has 1 fully saturated rings. The number of alkyl halides is 2. The third-order valence-corrected chi connectivity index (χ3v) is 2.97. The fourth-order valence-corrected chi connectivity index (χ4v) is 2.04. The number of amides is 1. The lowest BCUT2D eigenvalue weighted by atomic mass is 10.1. The molecule has 1 aromatic heterocycles. The summed E-state index contributed by atoms with van der Waals surface area (Å²) in [6.07, 6.45) is -0.437. The Morgan fingerprint density at radius 2 is 2.33 bits per heavy atom. The van der Waals surface area contributed by atoms with Crippen LogP contribution >= 0.6 is 0 Å². The van der Waals surface area contributed by atoms with E-state index in [1.807, 2.05) is 6.92 Å². The third kappa shape index (κ3) is 2.87. The minimum absolute atomic E-state index is 0.288. The fraction of sp³-hybridized carbons (Fsp3) is 0.583. The monoisotopic (exact) mass is 258 g/mol. The SMILES string of the molecule is Cc1ccc(CN(C)C(=O)C2CC(F)(F)CN2)o1. The Hall–Kier alpha value is -1.43. The molecule has 0 aliphatic carbocycles. The molecule has 6 heteroatoms. The summed E-state index contributed by atoms with van der Waals surface area (Å²) in [5.41, 5.74) is 0. The maximum absolute atomic E-state index is 13.0. The first-order valence-corrected chi connectivity index (χ1v) is 5.79. The lowest BCUT2D eigenvalue weighted by Crippen LogP contribution is -2.41. The molecule has 1 aliphatic heterocycles. The summed E-state index contributed by atoms with van der Waals surface area (Å²) in [5, 5.41) is 2.55. The van der Waals surface area contributed by atoms with Crippen LogP contribution in [0.15, 0.2) is 16.5 Å². The molecule has 0 radical (unpaired) electrons. The maximum Gasteiger partial charge on any atom is 0.262 e. The minimum Gasteiger partial charge on any atom is -0.464 e. The molecule has 2 heterocycles. The van der Waals surface area contributed by atoms with Gasteiger partial charge >= 0.3 is 0 Å². The van der Waals surface area contributed by atoms with Crippen LogP contribution in [-0.2, 0) is 11.3 Å². The van der Waals surface area contributed by atoms with Gasteiger partial charge in [0, 0.05) is 13.5 Å². The van der Waals surface area contributed by atoms with E-state index in [1.54, 1.807) is 19.2 Å². The van der Waals surface area contributed by atoms with Crippen molar-refractivity contribution in [2.45, 2.75) is 31.9 Å². The van der Waals surface area contributed by atoms with Gasteiger partial charge in [0.15, 0.2) is 0 Å². The van der Waals surface area contributed by atoms with Crippen molar-refractivity contribution in [1.82, 2.24) is 10.2 Å². The number of nitrogens with one attached hydrogen (secondary N) is 1. The summed E-state index contributed by atoms with van der Waals surface area (Å²) < 4.78 is 31.3. The summed E-state index contributed by atoms with van der Waals surface area (Å²) in [5.74, 6) is -1.71. The number of furan rings is 1. The highest BCUT2D eigenvalue weighted by atomic mass is 19.3. The molecule has 1 aromatic rings. The average Bonchev–Trinajstić information content (AvgIpc) is 2.83. The molecule has 1 unspecified atom stereocenters. The normalized spacial score (nSPS) is 22.1. The van der Waals surface area contributed by atoms with Gasteiger partial charge in [-0.05, 0) is 19.1 Å². The van der Waals surface area contributed by atoms with Crippen molar-refractivity contribution in [3.8, 4) is 0 Å². The first-order valence-electron chi connectivity index (χ1n) is 5.79. The number of carbonyl (C=O) groups is 1. The maximum atomic E-state index is 13.0. The molecule has 18 heavy (non-hydrogen) atoms. The van der Waals surface area contributed by atoms with Crippen molar-refractivity contribution in [2.24, 2.45) is 0 Å². The first kappa shape index (κ1) is 13.0. The summed E-state index contributed by atoms with van der Waals surface area (Å²) in [6.45, 7) is 1.66. The van der Waals surface area contributed by atoms with E-state index in [2.05, 4.69) is 5.32 Å². The minimum atomic E-state index is -2.79. The average molecular weight is 258 g/mol. The molecule has 4 nitrogen and oxygen atoms in total. The van der Waals surface area contributed by atoms with E-state index in [1.165, 1.54) is 4.90 Å². The van der Waals surface area contributed by atoms with Gasteiger partial charge in [0.2, 0.25) is 5.91 Å². The predicted molar refractivity (Wildman–Crippen MR) is 61.3 cm³/mol. The number of halogens is 2. The summed E-state index contributed by atoms with van der Waals surface area (Å²) in [7, 11) is 1.58. The summed E-state index contributed by atoms with van der Waals surface area (Å²) >= 11 is 0. The molecule has 1 saturated heterocycles. The van der Waals surface area contributed by atoms with E-state index < -0.39 is 24.9 Å². The molecule has 0 bridgehead atoms. The number of hydrogen-bond acceptors (Lipinski definition) is 3. The zero-order chi connectivity index (χ0) is 13.3. The molecular formula is C12H16F2N2O2. The largest absolute Gasteiger partial charge is 0.464 e. The van der Waals surface area contributed by atoms with Crippen LogP contribution in [0.3, 0.4) is 0 Å². The lowest BCUT2D eigenvalue weighted by Gasteiger charge is -2.19. The van der Waals surface area contributed by atoms with Crippen molar-refractivity contribution in [2.75, 3.05) is 13.6 Å². The number of nitrogens with zero attached hydrogens (tertiary/aromatic N) is 1. The first-order chi connectivity index (χ1) is 8.37. The van der Waals surface area contributed by atoms with Crippen LogP contribution in [0.2, 0.25) is 0 Å². The Labute approximate surface area is 104 Å². The zero-order valence-corrected chi connectivity index (χ0v) is 10.4. The third-order valence-electron chi connectivity index (χ3n) is 2.97. The molecule has 0 aromatic carbocycles. The Balaban J connectivity index is 1.93. The summed E-state index contributed by atoms with van der Waals surface area (Å²) in [4.78, 5) is 13.3. The van der Waals surface area contributed by atoms with E-state index in [4.69, 9.17) is 4.42 Å². The van der Waals surface area contributed by atoms with Gasteiger partial charge in [-0.3, -0.25) is 10.1 Å². The Bertz CT molecular complexity index is 445. The topological polar surface area (TPSA) is 45.5 Å². The molecule has 0 spiro atoms. The van der Waals surface area contributed by atoms with Gasteiger partial charge in [-0.15, -0.1) is 0 Å². The number of hydrogen-bond donors (Lipinski definition) is 1. The van der Waals surface area contributed by atoms with Crippen molar-refractivity contribution in [3.05, 3.63) is 23.7 Å². The van der Waals surface area contributed by atoms with Crippen LogP contribution in [0.4, 0.5) is 8.78 Å². The summed E-state index contributed by atoms with van der Waals surface area (Å²) in [6, 6.07) is 2.77. The van der Waals surface area contributed by atoms with Gasteiger partial charge in [0.1, 0.15) is 11.5 Å². The van der Waals surface area contributed by atoms with Gasteiger partial charge in [0.05, 0.1) is 19.1 Å². The van der Waals surface area contributed by atoms with E-state index in [0.717, 1.165) is 5.76 Å². The van der Waals surface area contributed by atoms with Gasteiger partial charge < -0.3 is 9.32 Å². The number of likely N-dealkylation sites (N-methyl/N-ethyl adjacent to an activating group) is 1. The van der Waals surface area contributed by atoms with E-state index in [-0.39, 0.29) is 12.5 Å². The lowest BCUT2D eigenvalue weighted by molar-refractivity contribution is -0.133. The van der Waals surface area contributed by atoms with Crippen LogP contribution < -0.4 is 5.32 Å². The van der Waals surface area contributed by atoms with Gasteiger partial charge in [-0.1, -0.05) is 0 Å². The number of carbonyl (C=O) groups excluding carboxylic acids is 1. The Kier molecular flexibility index (Phi) is 3.38. The second-order valence-electron chi connectivity index (χ2n) is 4.70. The molecule has 1 N–H and O–H groups in total. The Morgan fingerprint density at radius 3 is 2.83 bits per heavy atom. The molecule has 2 rings (SSSR count). The highest BCUT2D eigenvalue weighted by Gasteiger charge is 2.43. The Morgan fingerprint density at radius 1 is 1.61 bits per heavy atom. The molecule has 0 saturated carbocycles. The quantitative estimate of drug-likeness (QED) is 0.894. The number of aryl methyl sites for hydroxylation is 1. The highest BCUT2D eigenvalue weighted by molar-refractivity contribution is 5.82. The highest BCUT2D eigenvalue weighted by Crippen LogP contribution is 2.26. The number of rotatable bonds is 3. The zero-order valence-electron chi connectivity index (χ0n) is 10.4. The van der Waals surface area contributed by atoms with E-state index in [9.17, 15) is 13.6 Å². The molecule has 1 atom stereocenters.